The van der Waals surface area contributed by atoms with Crippen molar-refractivity contribution in [1.82, 2.24) is 0 Å². The lowest BCUT2D eigenvalue weighted by Crippen LogP contribution is -2.23. The maximum absolute atomic E-state index is 13.9. The second-order valence-electron chi connectivity index (χ2n) is 4.28. The van der Waals surface area contributed by atoms with Crippen LogP contribution in [0.15, 0.2) is 46.9 Å². The highest BCUT2D eigenvalue weighted by Crippen LogP contribution is 2.25. The quantitative estimate of drug-likeness (QED) is 0.840. The number of nitrogens with one attached hydrogen (secondary N) is 1. The van der Waals surface area contributed by atoms with Gasteiger partial charge in [-0.3, -0.25) is 0 Å². The Kier molecular flexibility index (Phi) is 4.90. The van der Waals surface area contributed by atoms with E-state index in [-0.39, 0.29) is 5.56 Å². The predicted molar refractivity (Wildman–Crippen MR) is 78.9 cm³/mol. The molecule has 0 aromatic heterocycles. The first-order valence-electron chi connectivity index (χ1n) is 6.06. The van der Waals surface area contributed by atoms with Crippen LogP contribution in [0.5, 0.6) is 0 Å². The number of hydrogen-bond acceptors (Lipinski definition) is 3. The van der Waals surface area contributed by atoms with Crippen molar-refractivity contribution in [3.8, 4) is 0 Å². The number of rotatable bonds is 4. The summed E-state index contributed by atoms with van der Waals surface area (Å²) >= 11 is 3.30. The lowest BCUT2D eigenvalue weighted by molar-refractivity contribution is -0.141. The van der Waals surface area contributed by atoms with Gasteiger partial charge in [0.2, 0.25) is 0 Å². The van der Waals surface area contributed by atoms with Gasteiger partial charge in [-0.05, 0) is 36.4 Å². The van der Waals surface area contributed by atoms with Crippen LogP contribution in [0.1, 0.15) is 11.6 Å². The lowest BCUT2D eigenvalue weighted by Gasteiger charge is -2.19. The Labute approximate surface area is 129 Å². The molecule has 2 rings (SSSR count). The molecule has 0 amide bonds. The number of hydrogen-bond donors (Lipinski definition) is 1. The maximum Gasteiger partial charge on any atom is 0.333 e. The Morgan fingerprint density at radius 3 is 2.67 bits per heavy atom. The fraction of sp³-hybridized carbons (Fsp3) is 0.133. The van der Waals surface area contributed by atoms with Gasteiger partial charge in [0.25, 0.3) is 0 Å². The second kappa shape index (κ2) is 6.67. The molecule has 0 bridgehead atoms. The van der Waals surface area contributed by atoms with Crippen LogP contribution in [0.3, 0.4) is 0 Å². The third-order valence-corrected chi connectivity index (χ3v) is 3.33. The van der Waals surface area contributed by atoms with Crippen LogP contribution in [0.25, 0.3) is 0 Å². The van der Waals surface area contributed by atoms with Crippen LogP contribution in [-0.4, -0.2) is 13.1 Å². The van der Waals surface area contributed by atoms with Gasteiger partial charge in [0, 0.05) is 15.7 Å². The first kappa shape index (κ1) is 15.4. The van der Waals surface area contributed by atoms with E-state index in [1.54, 1.807) is 24.3 Å². The Morgan fingerprint density at radius 1 is 1.24 bits per heavy atom. The van der Waals surface area contributed by atoms with Gasteiger partial charge < -0.3 is 10.1 Å². The van der Waals surface area contributed by atoms with Crippen molar-refractivity contribution >= 4 is 27.6 Å². The molecule has 2 aromatic rings. The Bertz CT molecular complexity index is 664. The van der Waals surface area contributed by atoms with Gasteiger partial charge in [0.15, 0.2) is 6.04 Å². The molecule has 6 heteroatoms. The zero-order valence-electron chi connectivity index (χ0n) is 11.1. The van der Waals surface area contributed by atoms with Gasteiger partial charge in [0.1, 0.15) is 11.6 Å². The van der Waals surface area contributed by atoms with E-state index in [9.17, 15) is 13.6 Å². The molecule has 110 valence electrons. The van der Waals surface area contributed by atoms with Gasteiger partial charge in [-0.2, -0.15) is 0 Å². The van der Waals surface area contributed by atoms with Crippen molar-refractivity contribution in [2.45, 2.75) is 6.04 Å². The largest absolute Gasteiger partial charge is 0.467 e. The van der Waals surface area contributed by atoms with E-state index in [2.05, 4.69) is 26.0 Å². The summed E-state index contributed by atoms with van der Waals surface area (Å²) in [6, 6.07) is 8.78. The van der Waals surface area contributed by atoms with Gasteiger partial charge in [-0.25, -0.2) is 13.6 Å². The number of esters is 1. The van der Waals surface area contributed by atoms with Crippen LogP contribution in [-0.2, 0) is 9.53 Å². The monoisotopic (exact) mass is 355 g/mol. The van der Waals surface area contributed by atoms with E-state index >= 15 is 0 Å². The number of carbonyl (C=O) groups excluding carboxylic acids is 1. The van der Waals surface area contributed by atoms with Crippen molar-refractivity contribution in [3.63, 3.8) is 0 Å². The van der Waals surface area contributed by atoms with Crippen molar-refractivity contribution in [3.05, 3.63) is 64.1 Å². The number of methoxy groups -OCH3 is 1. The number of anilines is 1. The predicted octanol–water partition coefficient (Wildman–Crippen LogP) is 4.05. The lowest BCUT2D eigenvalue weighted by atomic mass is 10.1. The van der Waals surface area contributed by atoms with Gasteiger partial charge in [0.05, 0.1) is 7.11 Å². The molecule has 0 fully saturated rings. The molecule has 0 aliphatic heterocycles. The molecule has 0 spiro atoms. The van der Waals surface area contributed by atoms with E-state index in [1.807, 2.05) is 0 Å². The van der Waals surface area contributed by atoms with Crippen LogP contribution in [0.4, 0.5) is 14.5 Å². The minimum Gasteiger partial charge on any atom is -0.467 e. The van der Waals surface area contributed by atoms with Crippen LogP contribution in [0.2, 0.25) is 0 Å². The van der Waals surface area contributed by atoms with Crippen LogP contribution in [0, 0.1) is 11.6 Å². The molecule has 0 heterocycles. The van der Waals surface area contributed by atoms with E-state index in [0.29, 0.717) is 5.69 Å². The molecular weight excluding hydrogens is 344 g/mol. The average Bonchev–Trinajstić information content (AvgIpc) is 2.47. The molecule has 0 saturated carbocycles. The van der Waals surface area contributed by atoms with Crippen LogP contribution < -0.4 is 5.32 Å². The summed E-state index contributed by atoms with van der Waals surface area (Å²) in [7, 11) is 1.19. The Balaban J connectivity index is 2.39. The normalized spacial score (nSPS) is 11.8. The van der Waals surface area contributed by atoms with E-state index in [4.69, 9.17) is 0 Å². The highest BCUT2D eigenvalue weighted by molar-refractivity contribution is 9.10. The highest BCUT2D eigenvalue weighted by atomic mass is 79.9. The van der Waals surface area contributed by atoms with Crippen molar-refractivity contribution < 1.29 is 18.3 Å². The fourth-order valence-electron chi connectivity index (χ4n) is 1.86. The smallest absolute Gasteiger partial charge is 0.333 e. The number of halogens is 3. The summed E-state index contributed by atoms with van der Waals surface area (Å²) in [6.07, 6.45) is 0. The van der Waals surface area contributed by atoms with E-state index in [0.717, 1.165) is 22.7 Å². The van der Waals surface area contributed by atoms with Crippen molar-refractivity contribution in [2.24, 2.45) is 0 Å². The average molecular weight is 356 g/mol. The molecule has 21 heavy (non-hydrogen) atoms. The summed E-state index contributed by atoms with van der Waals surface area (Å²) in [4.78, 5) is 11.9. The first-order valence-corrected chi connectivity index (χ1v) is 6.85. The Morgan fingerprint density at radius 2 is 2.00 bits per heavy atom. The zero-order chi connectivity index (χ0) is 15.4. The fourth-order valence-corrected chi connectivity index (χ4v) is 2.26. The van der Waals surface area contributed by atoms with Crippen molar-refractivity contribution in [2.75, 3.05) is 12.4 Å². The second-order valence-corrected chi connectivity index (χ2v) is 5.19. The molecule has 0 saturated heterocycles. The molecule has 1 unspecified atom stereocenters. The maximum atomic E-state index is 13.9. The SMILES string of the molecule is COC(=O)C(Nc1cccc(Br)c1)c1cc(F)ccc1F. The summed E-state index contributed by atoms with van der Waals surface area (Å²) in [5, 5.41) is 2.84. The summed E-state index contributed by atoms with van der Waals surface area (Å²) in [5.74, 6) is -2.02. The molecule has 2 aromatic carbocycles. The van der Waals surface area contributed by atoms with E-state index in [1.165, 1.54) is 7.11 Å². The van der Waals surface area contributed by atoms with Gasteiger partial charge in [-0.15, -0.1) is 0 Å². The number of benzene rings is 2. The van der Waals surface area contributed by atoms with E-state index < -0.39 is 23.6 Å². The van der Waals surface area contributed by atoms with Gasteiger partial charge >= 0.3 is 5.97 Å². The summed E-state index contributed by atoms with van der Waals surface area (Å²) < 4.78 is 32.6. The highest BCUT2D eigenvalue weighted by Gasteiger charge is 2.25. The summed E-state index contributed by atoms with van der Waals surface area (Å²) in [5.41, 5.74) is 0.463. The molecule has 3 nitrogen and oxygen atoms in total. The summed E-state index contributed by atoms with van der Waals surface area (Å²) in [6.45, 7) is 0. The topological polar surface area (TPSA) is 38.3 Å². The number of carbonyl (C=O) groups is 1. The third-order valence-electron chi connectivity index (χ3n) is 2.84. The van der Waals surface area contributed by atoms with Crippen molar-refractivity contribution in [1.29, 1.82) is 0 Å². The van der Waals surface area contributed by atoms with Crippen LogP contribution >= 0.6 is 15.9 Å². The molecular formula is C15H12BrF2NO2. The number of ether oxygens (including phenoxy) is 1. The first-order chi connectivity index (χ1) is 10.0. The molecule has 0 aliphatic rings. The molecule has 0 aliphatic carbocycles. The minimum absolute atomic E-state index is 0.109. The Hall–Kier alpha value is -1.95. The molecule has 1 atom stereocenters. The molecule has 1 N–H and O–H groups in total. The molecule has 0 radical (unpaired) electrons. The minimum atomic E-state index is -1.14. The van der Waals surface area contributed by atoms with Gasteiger partial charge in [-0.1, -0.05) is 22.0 Å². The third kappa shape index (κ3) is 3.78. The zero-order valence-corrected chi connectivity index (χ0v) is 12.7. The standard InChI is InChI=1S/C15H12BrF2NO2/c1-21-15(20)14(12-8-10(17)5-6-13(12)18)19-11-4-2-3-9(16)7-11/h2-8,14,19H,1H3.